The van der Waals surface area contributed by atoms with Gasteiger partial charge in [-0.15, -0.1) is 0 Å². The van der Waals surface area contributed by atoms with Gasteiger partial charge in [0.1, 0.15) is 0 Å². The van der Waals surface area contributed by atoms with Gasteiger partial charge in [0.15, 0.2) is 0 Å². The van der Waals surface area contributed by atoms with Crippen LogP contribution in [0.2, 0.25) is 0 Å². The minimum absolute atomic E-state index is 0.0635. The van der Waals surface area contributed by atoms with Crippen molar-refractivity contribution in [3.05, 3.63) is 89.0 Å². The zero-order valence-electron chi connectivity index (χ0n) is 14.7. The van der Waals surface area contributed by atoms with E-state index < -0.39 is 6.10 Å². The number of hydrogen-bond donors (Lipinski definition) is 1. The van der Waals surface area contributed by atoms with Gasteiger partial charge in [-0.3, -0.25) is 0 Å². The van der Waals surface area contributed by atoms with Crippen LogP contribution < -0.4 is 0 Å². The van der Waals surface area contributed by atoms with Gasteiger partial charge >= 0.3 is 0 Å². The van der Waals surface area contributed by atoms with Gasteiger partial charge in [-0.05, 0) is 40.3 Å². The highest BCUT2D eigenvalue weighted by molar-refractivity contribution is 5.86. The molecule has 1 aliphatic rings. The summed E-state index contributed by atoms with van der Waals surface area (Å²) in [6.45, 7) is 2.22. The molecular weight excluding hydrogens is 304 g/mol. The molecule has 3 aromatic rings. The second kappa shape index (κ2) is 6.85. The zero-order valence-corrected chi connectivity index (χ0v) is 14.7. The third-order valence-electron chi connectivity index (χ3n) is 5.35. The van der Waals surface area contributed by atoms with E-state index in [1.165, 1.54) is 34.9 Å². The minimum Gasteiger partial charge on any atom is -0.387 e. The SMILES string of the molecule is CCCCC1=Cc2ccccc2[C@@H]1[C@@H](O)c1cccc2ccccc12. The van der Waals surface area contributed by atoms with Crippen molar-refractivity contribution in [3.63, 3.8) is 0 Å². The second-order valence-corrected chi connectivity index (χ2v) is 6.94. The van der Waals surface area contributed by atoms with Gasteiger partial charge in [0.2, 0.25) is 0 Å². The molecule has 1 N–H and O–H groups in total. The van der Waals surface area contributed by atoms with Crippen molar-refractivity contribution in [2.75, 3.05) is 0 Å². The lowest BCUT2D eigenvalue weighted by Crippen LogP contribution is -2.12. The third kappa shape index (κ3) is 2.89. The van der Waals surface area contributed by atoms with E-state index in [0.29, 0.717) is 0 Å². The Balaban J connectivity index is 1.79. The van der Waals surface area contributed by atoms with Crippen molar-refractivity contribution in [3.8, 4) is 0 Å². The summed E-state index contributed by atoms with van der Waals surface area (Å²) >= 11 is 0. The fourth-order valence-corrected chi connectivity index (χ4v) is 4.08. The number of aliphatic hydroxyl groups is 1. The Labute approximate surface area is 149 Å². The Bertz CT molecular complexity index is 917. The van der Waals surface area contributed by atoms with E-state index in [0.717, 1.165) is 17.4 Å². The Morgan fingerprint density at radius 2 is 1.68 bits per heavy atom. The average Bonchev–Trinajstić information content (AvgIpc) is 3.03. The molecule has 0 bridgehead atoms. The number of hydrogen-bond acceptors (Lipinski definition) is 1. The highest BCUT2D eigenvalue weighted by atomic mass is 16.3. The molecule has 0 saturated heterocycles. The molecule has 1 aliphatic carbocycles. The van der Waals surface area contributed by atoms with Crippen LogP contribution in [0.4, 0.5) is 0 Å². The first-order chi connectivity index (χ1) is 12.3. The van der Waals surface area contributed by atoms with Crippen LogP contribution in [0.1, 0.15) is 54.9 Å². The fourth-order valence-electron chi connectivity index (χ4n) is 4.08. The van der Waals surface area contributed by atoms with E-state index in [9.17, 15) is 5.11 Å². The normalized spacial score (nSPS) is 17.4. The van der Waals surface area contributed by atoms with Crippen molar-refractivity contribution < 1.29 is 5.11 Å². The Morgan fingerprint density at radius 1 is 0.920 bits per heavy atom. The van der Waals surface area contributed by atoms with E-state index in [4.69, 9.17) is 0 Å². The van der Waals surface area contributed by atoms with Gasteiger partial charge in [0, 0.05) is 5.92 Å². The van der Waals surface area contributed by atoms with Crippen LogP contribution >= 0.6 is 0 Å². The van der Waals surface area contributed by atoms with Crippen LogP contribution in [0.5, 0.6) is 0 Å². The smallest absolute Gasteiger partial charge is 0.0902 e. The highest BCUT2D eigenvalue weighted by Crippen LogP contribution is 2.46. The van der Waals surface area contributed by atoms with Gasteiger partial charge in [-0.25, -0.2) is 0 Å². The lowest BCUT2D eigenvalue weighted by atomic mass is 9.83. The van der Waals surface area contributed by atoms with Crippen LogP contribution in [-0.2, 0) is 0 Å². The molecule has 126 valence electrons. The monoisotopic (exact) mass is 328 g/mol. The van der Waals surface area contributed by atoms with Gasteiger partial charge in [0.25, 0.3) is 0 Å². The minimum atomic E-state index is -0.516. The molecule has 0 aromatic heterocycles. The largest absolute Gasteiger partial charge is 0.387 e. The van der Waals surface area contributed by atoms with Crippen molar-refractivity contribution in [2.24, 2.45) is 0 Å². The molecule has 2 atom stereocenters. The quantitative estimate of drug-likeness (QED) is 0.587. The number of benzene rings is 3. The van der Waals surface area contributed by atoms with Gasteiger partial charge in [-0.1, -0.05) is 91.7 Å². The van der Waals surface area contributed by atoms with Crippen molar-refractivity contribution in [2.45, 2.75) is 38.2 Å². The summed E-state index contributed by atoms with van der Waals surface area (Å²) in [7, 11) is 0. The van der Waals surface area contributed by atoms with E-state index in [-0.39, 0.29) is 5.92 Å². The maximum Gasteiger partial charge on any atom is 0.0902 e. The number of aliphatic hydroxyl groups excluding tert-OH is 1. The first-order valence-corrected chi connectivity index (χ1v) is 9.24. The molecule has 4 rings (SSSR count). The lowest BCUT2D eigenvalue weighted by Gasteiger charge is -2.25. The predicted molar refractivity (Wildman–Crippen MR) is 106 cm³/mol. The van der Waals surface area contributed by atoms with Crippen molar-refractivity contribution >= 4 is 16.8 Å². The number of rotatable bonds is 5. The zero-order chi connectivity index (χ0) is 17.2. The van der Waals surface area contributed by atoms with Gasteiger partial charge < -0.3 is 5.11 Å². The summed E-state index contributed by atoms with van der Waals surface area (Å²) < 4.78 is 0. The molecule has 0 radical (unpaired) electrons. The van der Waals surface area contributed by atoms with Gasteiger partial charge in [0.05, 0.1) is 6.10 Å². The van der Waals surface area contributed by atoms with Crippen LogP contribution in [0.25, 0.3) is 16.8 Å². The van der Waals surface area contributed by atoms with Crippen LogP contribution in [0, 0.1) is 0 Å². The van der Waals surface area contributed by atoms with Crippen molar-refractivity contribution in [1.82, 2.24) is 0 Å². The van der Waals surface area contributed by atoms with Gasteiger partial charge in [-0.2, -0.15) is 0 Å². The Hall–Kier alpha value is -2.38. The maximum absolute atomic E-state index is 11.4. The molecule has 0 heterocycles. The van der Waals surface area contributed by atoms with Crippen molar-refractivity contribution in [1.29, 1.82) is 0 Å². The molecule has 25 heavy (non-hydrogen) atoms. The highest BCUT2D eigenvalue weighted by Gasteiger charge is 2.32. The summed E-state index contributed by atoms with van der Waals surface area (Å²) in [5.41, 5.74) is 4.91. The standard InChI is InChI=1S/C24H24O/c1-2-3-9-19-16-18-11-5-7-14-21(18)23(19)24(25)22-15-8-12-17-10-4-6-13-20(17)22/h4-8,10-16,23-25H,2-3,9H2,1H3/t23-,24+/m1/s1. The second-order valence-electron chi connectivity index (χ2n) is 6.94. The topological polar surface area (TPSA) is 20.2 Å². The maximum atomic E-state index is 11.4. The van der Waals surface area contributed by atoms with E-state index in [1.807, 2.05) is 0 Å². The summed E-state index contributed by atoms with van der Waals surface area (Å²) in [6, 6.07) is 23.1. The Kier molecular flexibility index (Phi) is 4.42. The molecule has 0 amide bonds. The summed E-state index contributed by atoms with van der Waals surface area (Å²) in [6.07, 6.45) is 5.17. The molecule has 0 fully saturated rings. The first kappa shape index (κ1) is 16.1. The fraction of sp³-hybridized carbons (Fsp3) is 0.250. The number of fused-ring (bicyclic) bond motifs is 2. The van der Waals surface area contributed by atoms with Crippen LogP contribution in [0.15, 0.2) is 72.3 Å². The molecule has 0 saturated carbocycles. The summed E-state index contributed by atoms with van der Waals surface area (Å²) in [5, 5.41) is 13.7. The molecule has 3 aromatic carbocycles. The van der Waals surface area contributed by atoms with E-state index in [1.54, 1.807) is 0 Å². The molecular formula is C24H24O. The average molecular weight is 328 g/mol. The number of unbranched alkanes of at least 4 members (excludes halogenated alkanes) is 1. The molecule has 0 unspecified atom stereocenters. The third-order valence-corrected chi connectivity index (χ3v) is 5.35. The van der Waals surface area contributed by atoms with E-state index >= 15 is 0 Å². The molecule has 1 heteroatoms. The first-order valence-electron chi connectivity index (χ1n) is 9.24. The molecule has 0 spiro atoms. The van der Waals surface area contributed by atoms with Crippen LogP contribution in [0.3, 0.4) is 0 Å². The Morgan fingerprint density at radius 3 is 2.56 bits per heavy atom. The molecule has 0 aliphatic heterocycles. The summed E-state index contributed by atoms with van der Waals surface area (Å²) in [4.78, 5) is 0. The predicted octanol–water partition coefficient (Wildman–Crippen LogP) is 6.24. The lowest BCUT2D eigenvalue weighted by molar-refractivity contribution is 0.159. The molecule has 1 nitrogen and oxygen atoms in total. The van der Waals surface area contributed by atoms with Crippen LogP contribution in [-0.4, -0.2) is 5.11 Å². The van der Waals surface area contributed by atoms with E-state index in [2.05, 4.69) is 79.7 Å². The summed E-state index contributed by atoms with van der Waals surface area (Å²) in [5.74, 6) is 0.0635.